The first-order chi connectivity index (χ1) is 14.7. The third-order valence-electron chi connectivity index (χ3n) is 3.93. The highest BCUT2D eigenvalue weighted by atomic mass is 79.9. The maximum absolute atomic E-state index is 12.6. The molecule has 1 aliphatic rings. The van der Waals surface area contributed by atoms with Gasteiger partial charge >= 0.3 is 0 Å². The van der Waals surface area contributed by atoms with Gasteiger partial charge in [-0.2, -0.15) is 0 Å². The van der Waals surface area contributed by atoms with E-state index in [0.717, 1.165) is 21.1 Å². The Morgan fingerprint density at radius 1 is 1.19 bits per heavy atom. The maximum atomic E-state index is 12.6. The molecule has 8 nitrogen and oxygen atoms in total. The average Bonchev–Trinajstić information content (AvgIpc) is 2.96. The van der Waals surface area contributed by atoms with Crippen LogP contribution < -0.4 is 15.8 Å². The number of anilines is 1. The van der Waals surface area contributed by atoms with Crippen LogP contribution in [0.2, 0.25) is 5.02 Å². The molecule has 0 spiro atoms. The molecular weight excluding hydrogens is 510 g/mol. The zero-order valence-electron chi connectivity index (χ0n) is 15.8. The molecule has 0 bridgehead atoms. The van der Waals surface area contributed by atoms with Crippen LogP contribution in [0.4, 0.5) is 10.5 Å². The van der Waals surface area contributed by atoms with Gasteiger partial charge in [0.15, 0.2) is 6.61 Å². The van der Waals surface area contributed by atoms with E-state index in [1.165, 1.54) is 18.2 Å². The first-order valence-electron chi connectivity index (χ1n) is 8.74. The number of nitrogens with one attached hydrogen (secondary N) is 1. The van der Waals surface area contributed by atoms with E-state index in [9.17, 15) is 19.2 Å². The molecule has 160 valence electrons. The summed E-state index contributed by atoms with van der Waals surface area (Å²) in [5.41, 5.74) is 6.12. The molecule has 2 aromatic rings. The summed E-state index contributed by atoms with van der Waals surface area (Å²) < 4.78 is 6.02. The summed E-state index contributed by atoms with van der Waals surface area (Å²) in [7, 11) is 0. The van der Waals surface area contributed by atoms with Crippen molar-refractivity contribution >= 4 is 74.0 Å². The minimum Gasteiger partial charge on any atom is -0.482 e. The lowest BCUT2D eigenvalue weighted by atomic mass is 10.2. The van der Waals surface area contributed by atoms with Crippen LogP contribution in [-0.2, 0) is 14.4 Å². The number of hydrogen-bond donors (Lipinski definition) is 2. The summed E-state index contributed by atoms with van der Waals surface area (Å²) in [6.45, 7) is -0.723. The highest BCUT2D eigenvalue weighted by Gasteiger charge is 2.36. The molecule has 1 fully saturated rings. The summed E-state index contributed by atoms with van der Waals surface area (Å²) >= 11 is 10.1. The van der Waals surface area contributed by atoms with Gasteiger partial charge in [-0.3, -0.25) is 24.1 Å². The molecular formula is C20H15BrClN3O5S. The van der Waals surface area contributed by atoms with Crippen molar-refractivity contribution in [1.29, 1.82) is 0 Å². The van der Waals surface area contributed by atoms with E-state index in [4.69, 9.17) is 22.1 Å². The Bertz CT molecular complexity index is 1090. The minimum absolute atomic E-state index is 0.156. The molecule has 0 atom stereocenters. The number of thioether (sulfide) groups is 1. The highest BCUT2D eigenvalue weighted by molar-refractivity contribution is 9.10. The van der Waals surface area contributed by atoms with Gasteiger partial charge in [-0.15, -0.1) is 0 Å². The smallest absolute Gasteiger partial charge is 0.294 e. The third-order valence-corrected chi connectivity index (χ3v) is 5.66. The molecule has 3 rings (SSSR count). The Morgan fingerprint density at radius 2 is 1.90 bits per heavy atom. The first-order valence-corrected chi connectivity index (χ1v) is 10.7. The van der Waals surface area contributed by atoms with Crippen molar-refractivity contribution in [3.63, 3.8) is 0 Å². The molecule has 31 heavy (non-hydrogen) atoms. The van der Waals surface area contributed by atoms with E-state index in [-0.39, 0.29) is 22.3 Å². The molecule has 2 aromatic carbocycles. The number of halogens is 2. The van der Waals surface area contributed by atoms with Gasteiger partial charge in [0.05, 0.1) is 9.93 Å². The largest absolute Gasteiger partial charge is 0.482 e. The Kier molecular flexibility index (Phi) is 7.37. The number of ether oxygens (including phenoxy) is 1. The topological polar surface area (TPSA) is 119 Å². The third kappa shape index (κ3) is 6.09. The van der Waals surface area contributed by atoms with Gasteiger partial charge in [-0.1, -0.05) is 33.6 Å². The molecule has 4 amide bonds. The van der Waals surface area contributed by atoms with Crippen molar-refractivity contribution in [2.45, 2.75) is 0 Å². The summed E-state index contributed by atoms with van der Waals surface area (Å²) in [5, 5.41) is 2.30. The van der Waals surface area contributed by atoms with Gasteiger partial charge in [0.2, 0.25) is 5.91 Å². The molecule has 11 heteroatoms. The van der Waals surface area contributed by atoms with Crippen molar-refractivity contribution in [3.8, 4) is 5.75 Å². The number of carbonyl (C=O) groups is 4. The zero-order valence-corrected chi connectivity index (χ0v) is 18.9. The van der Waals surface area contributed by atoms with Crippen molar-refractivity contribution in [2.75, 3.05) is 18.5 Å². The zero-order chi connectivity index (χ0) is 22.5. The monoisotopic (exact) mass is 523 g/mol. The Balaban J connectivity index is 1.67. The van der Waals surface area contributed by atoms with E-state index in [0.29, 0.717) is 11.3 Å². The van der Waals surface area contributed by atoms with Crippen LogP contribution in [0.15, 0.2) is 51.8 Å². The molecule has 1 heterocycles. The van der Waals surface area contributed by atoms with E-state index in [2.05, 4.69) is 21.2 Å². The van der Waals surface area contributed by atoms with Crippen molar-refractivity contribution < 1.29 is 23.9 Å². The Labute approximate surface area is 194 Å². The van der Waals surface area contributed by atoms with Crippen molar-refractivity contribution in [3.05, 3.63) is 62.4 Å². The van der Waals surface area contributed by atoms with Gasteiger partial charge in [0, 0.05) is 10.2 Å². The quantitative estimate of drug-likeness (QED) is 0.534. The van der Waals surface area contributed by atoms with Crippen LogP contribution in [0.25, 0.3) is 6.08 Å². The van der Waals surface area contributed by atoms with Crippen LogP contribution >= 0.6 is 39.3 Å². The van der Waals surface area contributed by atoms with Crippen LogP contribution in [-0.4, -0.2) is 41.0 Å². The Hall–Kier alpha value is -2.82. The summed E-state index contributed by atoms with van der Waals surface area (Å²) in [6.07, 6.45) is 1.49. The number of hydrogen-bond acceptors (Lipinski definition) is 6. The summed E-state index contributed by atoms with van der Waals surface area (Å²) in [4.78, 5) is 48.9. The molecule has 0 aromatic heterocycles. The molecule has 1 saturated heterocycles. The van der Waals surface area contributed by atoms with Gasteiger partial charge in [-0.25, -0.2) is 0 Å². The second-order valence-corrected chi connectivity index (χ2v) is 8.58. The predicted octanol–water partition coefficient (Wildman–Crippen LogP) is 3.64. The SMILES string of the molecule is NC(=O)COc1ccc(C=C2SC(=O)N(CC(=O)Nc3ccc(Br)cc3)C2=O)cc1Cl. The molecule has 0 saturated carbocycles. The van der Waals surface area contributed by atoms with E-state index < -0.39 is 29.5 Å². The second kappa shape index (κ2) is 9.99. The fraction of sp³-hybridized carbons (Fsp3) is 0.100. The Morgan fingerprint density at radius 3 is 2.55 bits per heavy atom. The van der Waals surface area contributed by atoms with E-state index >= 15 is 0 Å². The number of primary amides is 1. The number of nitrogens with two attached hydrogens (primary N) is 1. The van der Waals surface area contributed by atoms with Crippen LogP contribution in [0.3, 0.4) is 0 Å². The number of nitrogens with zero attached hydrogens (tertiary/aromatic N) is 1. The molecule has 3 N–H and O–H groups in total. The number of rotatable bonds is 7. The van der Waals surface area contributed by atoms with Crippen LogP contribution in [0.1, 0.15) is 5.56 Å². The minimum atomic E-state index is -0.641. The van der Waals surface area contributed by atoms with Gasteiger partial charge in [-0.05, 0) is 59.8 Å². The molecule has 1 aliphatic heterocycles. The van der Waals surface area contributed by atoms with Crippen molar-refractivity contribution in [2.24, 2.45) is 5.73 Å². The normalized spacial score (nSPS) is 14.8. The van der Waals surface area contributed by atoms with E-state index in [1.54, 1.807) is 30.3 Å². The highest BCUT2D eigenvalue weighted by Crippen LogP contribution is 2.33. The summed E-state index contributed by atoms with van der Waals surface area (Å²) in [6, 6.07) is 11.5. The van der Waals surface area contributed by atoms with Gasteiger partial charge in [0.25, 0.3) is 17.1 Å². The fourth-order valence-electron chi connectivity index (χ4n) is 2.54. The standard InChI is InChI=1S/C20H15BrClN3O5S/c21-12-2-4-13(5-3-12)24-18(27)9-25-19(28)16(31-20(25)29)8-11-1-6-15(14(22)7-11)30-10-17(23)26/h1-8H,9-10H2,(H2,23,26)(H,24,27). The molecule has 0 unspecified atom stereocenters. The fourth-order valence-corrected chi connectivity index (χ4v) is 3.88. The average molecular weight is 525 g/mol. The lowest BCUT2D eigenvalue weighted by Crippen LogP contribution is -2.36. The summed E-state index contributed by atoms with van der Waals surface area (Å²) in [5.74, 6) is -1.45. The predicted molar refractivity (Wildman–Crippen MR) is 122 cm³/mol. The van der Waals surface area contributed by atoms with Crippen molar-refractivity contribution in [1.82, 2.24) is 4.90 Å². The molecule has 0 aliphatic carbocycles. The lowest BCUT2D eigenvalue weighted by Gasteiger charge is -2.12. The molecule has 0 radical (unpaired) electrons. The van der Waals surface area contributed by atoms with Gasteiger partial charge < -0.3 is 15.8 Å². The van der Waals surface area contributed by atoms with Gasteiger partial charge in [0.1, 0.15) is 12.3 Å². The number of imide groups is 1. The maximum Gasteiger partial charge on any atom is 0.294 e. The number of benzene rings is 2. The van der Waals surface area contributed by atoms with Crippen LogP contribution in [0, 0.1) is 0 Å². The second-order valence-electron chi connectivity index (χ2n) is 6.27. The lowest BCUT2D eigenvalue weighted by molar-refractivity contribution is -0.127. The number of carbonyl (C=O) groups excluding carboxylic acids is 4. The van der Waals surface area contributed by atoms with Crippen LogP contribution in [0.5, 0.6) is 5.75 Å². The van der Waals surface area contributed by atoms with E-state index in [1.807, 2.05) is 0 Å². The first kappa shape index (κ1) is 22.9. The number of amides is 4.